The zero-order chi connectivity index (χ0) is 13.8. The van der Waals surface area contributed by atoms with Gasteiger partial charge in [-0.2, -0.15) is 0 Å². The Balaban J connectivity index is 2.16. The smallest absolute Gasteiger partial charge is 0.164 e. The van der Waals surface area contributed by atoms with Crippen molar-refractivity contribution < 1.29 is 9.18 Å². The number of Topliss-reactive ketones (excluding diaryl/α,β-unsaturated/α-hetero) is 1. The molecule has 2 aromatic rings. The summed E-state index contributed by atoms with van der Waals surface area (Å²) in [5.41, 5.74) is 1.18. The zero-order valence-corrected chi connectivity index (χ0v) is 11.5. The fraction of sp³-hybridized carbons (Fsp3) is 0.267. The molecule has 0 amide bonds. The van der Waals surface area contributed by atoms with E-state index in [1.807, 2.05) is 6.92 Å². The molecule has 0 aliphatic carbocycles. The fourth-order valence-electron chi connectivity index (χ4n) is 1.94. The quantitative estimate of drug-likeness (QED) is 0.748. The molecule has 0 saturated carbocycles. The van der Waals surface area contributed by atoms with E-state index in [9.17, 15) is 9.18 Å². The lowest BCUT2D eigenvalue weighted by atomic mass is 10.1. The van der Waals surface area contributed by atoms with Crippen LogP contribution in [0.15, 0.2) is 36.7 Å². The molecule has 0 bridgehead atoms. The molecular formula is C15H15ClFNO. The average molecular weight is 280 g/mol. The van der Waals surface area contributed by atoms with Crippen LogP contribution in [0.2, 0.25) is 5.02 Å². The van der Waals surface area contributed by atoms with E-state index in [4.69, 9.17) is 11.6 Å². The Labute approximate surface area is 116 Å². The van der Waals surface area contributed by atoms with Crippen molar-refractivity contribution in [1.82, 2.24) is 4.57 Å². The van der Waals surface area contributed by atoms with Crippen LogP contribution in [-0.4, -0.2) is 10.4 Å². The first-order valence-corrected chi connectivity index (χ1v) is 6.61. The van der Waals surface area contributed by atoms with Gasteiger partial charge in [-0.15, -0.1) is 0 Å². The first-order valence-electron chi connectivity index (χ1n) is 6.23. The van der Waals surface area contributed by atoms with Crippen molar-refractivity contribution in [2.75, 3.05) is 0 Å². The summed E-state index contributed by atoms with van der Waals surface area (Å²) in [6.07, 6.45) is 4.89. The highest BCUT2D eigenvalue weighted by atomic mass is 35.5. The number of carbonyl (C=O) groups is 1. The number of carbonyl (C=O) groups excluding carboxylic acids is 1. The predicted octanol–water partition coefficient (Wildman–Crippen LogP) is 4.31. The highest BCUT2D eigenvalue weighted by molar-refractivity contribution is 6.30. The summed E-state index contributed by atoms with van der Waals surface area (Å²) in [6, 6.07) is 6.69. The molecule has 2 nitrogen and oxygen atoms in total. The van der Waals surface area contributed by atoms with Gasteiger partial charge in [0.25, 0.3) is 0 Å². The number of hydrogen-bond acceptors (Lipinski definition) is 1. The van der Waals surface area contributed by atoms with Crippen molar-refractivity contribution in [1.29, 1.82) is 0 Å². The molecule has 0 aliphatic rings. The molecule has 0 aliphatic heterocycles. The maximum absolute atomic E-state index is 13.8. The van der Waals surface area contributed by atoms with E-state index in [1.165, 1.54) is 6.07 Å². The van der Waals surface area contributed by atoms with E-state index in [1.54, 1.807) is 35.2 Å². The number of nitrogens with zero attached hydrogens (tertiary/aromatic N) is 1. The fourth-order valence-corrected chi connectivity index (χ4v) is 2.14. The van der Waals surface area contributed by atoms with E-state index in [0.717, 1.165) is 6.42 Å². The summed E-state index contributed by atoms with van der Waals surface area (Å²) in [4.78, 5) is 11.7. The van der Waals surface area contributed by atoms with Crippen LogP contribution in [0.25, 0.3) is 0 Å². The predicted molar refractivity (Wildman–Crippen MR) is 74.2 cm³/mol. The van der Waals surface area contributed by atoms with Crippen LogP contribution in [0.4, 0.5) is 4.39 Å². The van der Waals surface area contributed by atoms with Crippen molar-refractivity contribution >= 4 is 17.4 Å². The number of halogens is 2. The molecule has 0 radical (unpaired) electrons. The van der Waals surface area contributed by atoms with Gasteiger partial charge in [0.05, 0.1) is 5.02 Å². The van der Waals surface area contributed by atoms with E-state index in [0.29, 0.717) is 24.1 Å². The topological polar surface area (TPSA) is 22.0 Å². The van der Waals surface area contributed by atoms with Crippen LogP contribution < -0.4 is 0 Å². The lowest BCUT2D eigenvalue weighted by Gasteiger charge is -2.05. The van der Waals surface area contributed by atoms with Crippen molar-refractivity contribution in [3.8, 4) is 0 Å². The third-order valence-electron chi connectivity index (χ3n) is 2.93. The molecular weight excluding hydrogens is 265 g/mol. The minimum atomic E-state index is -0.403. The minimum absolute atomic E-state index is 0.118. The average Bonchev–Trinajstić information content (AvgIpc) is 2.84. The number of ketones is 1. The molecule has 1 aromatic carbocycles. The first-order chi connectivity index (χ1) is 9.11. The van der Waals surface area contributed by atoms with E-state index in [2.05, 4.69) is 0 Å². The number of hydrogen-bond donors (Lipinski definition) is 0. The molecule has 2 rings (SSSR count). The third-order valence-corrected chi connectivity index (χ3v) is 3.23. The lowest BCUT2D eigenvalue weighted by molar-refractivity contribution is 0.0981. The van der Waals surface area contributed by atoms with Gasteiger partial charge >= 0.3 is 0 Å². The molecule has 1 heterocycles. The Morgan fingerprint density at radius 2 is 2.16 bits per heavy atom. The standard InChI is InChI=1S/C15H15ClFNO/c1-2-4-14(19)11-7-8-18(9-11)10-12-5-3-6-13(16)15(12)17/h3,5-9H,2,4,10H2,1H3. The van der Waals surface area contributed by atoms with Crippen LogP contribution in [0.1, 0.15) is 35.7 Å². The maximum Gasteiger partial charge on any atom is 0.164 e. The molecule has 1 aromatic heterocycles. The SMILES string of the molecule is CCCC(=O)c1ccn(Cc2cccc(Cl)c2F)c1. The van der Waals surface area contributed by atoms with Crippen LogP contribution in [0.5, 0.6) is 0 Å². The first kappa shape index (κ1) is 13.8. The molecule has 0 fully saturated rings. The Morgan fingerprint density at radius 3 is 2.89 bits per heavy atom. The van der Waals surface area contributed by atoms with Gasteiger partial charge in [-0.1, -0.05) is 30.7 Å². The van der Waals surface area contributed by atoms with Crippen molar-refractivity contribution in [2.45, 2.75) is 26.3 Å². The molecule has 0 unspecified atom stereocenters. The molecule has 19 heavy (non-hydrogen) atoms. The van der Waals surface area contributed by atoms with Gasteiger partial charge in [0.1, 0.15) is 5.82 Å². The summed E-state index contributed by atoms with van der Waals surface area (Å²) in [5.74, 6) is -0.285. The van der Waals surface area contributed by atoms with E-state index < -0.39 is 5.82 Å². The minimum Gasteiger partial charge on any atom is -0.349 e. The summed E-state index contributed by atoms with van der Waals surface area (Å²) in [5, 5.41) is 0.118. The van der Waals surface area contributed by atoms with E-state index in [-0.39, 0.29) is 10.8 Å². The maximum atomic E-state index is 13.8. The Kier molecular flexibility index (Phi) is 4.38. The van der Waals surface area contributed by atoms with Crippen LogP contribution in [0.3, 0.4) is 0 Å². The van der Waals surface area contributed by atoms with Gasteiger partial charge in [-0.3, -0.25) is 4.79 Å². The molecule has 0 spiro atoms. The van der Waals surface area contributed by atoms with Gasteiger partial charge in [0.15, 0.2) is 5.78 Å². The summed E-state index contributed by atoms with van der Waals surface area (Å²) < 4.78 is 15.6. The monoisotopic (exact) mass is 279 g/mol. The Hall–Kier alpha value is -1.61. The summed E-state index contributed by atoms with van der Waals surface area (Å²) in [7, 11) is 0. The summed E-state index contributed by atoms with van der Waals surface area (Å²) in [6.45, 7) is 2.34. The van der Waals surface area contributed by atoms with Crippen LogP contribution >= 0.6 is 11.6 Å². The largest absolute Gasteiger partial charge is 0.349 e. The lowest BCUT2D eigenvalue weighted by Crippen LogP contribution is -2.01. The van der Waals surface area contributed by atoms with E-state index >= 15 is 0 Å². The Morgan fingerprint density at radius 1 is 1.37 bits per heavy atom. The molecule has 100 valence electrons. The zero-order valence-electron chi connectivity index (χ0n) is 10.7. The molecule has 0 saturated heterocycles. The normalized spacial score (nSPS) is 10.7. The highest BCUT2D eigenvalue weighted by Crippen LogP contribution is 2.19. The second-order valence-corrected chi connectivity index (χ2v) is 4.87. The van der Waals surface area contributed by atoms with Crippen molar-refractivity contribution in [3.63, 3.8) is 0 Å². The summed E-state index contributed by atoms with van der Waals surface area (Å²) >= 11 is 5.74. The molecule has 0 N–H and O–H groups in total. The van der Waals surface area contributed by atoms with Gasteiger partial charge < -0.3 is 4.57 Å². The van der Waals surface area contributed by atoms with Gasteiger partial charge in [-0.25, -0.2) is 4.39 Å². The molecule has 0 atom stereocenters. The highest BCUT2D eigenvalue weighted by Gasteiger charge is 2.09. The van der Waals surface area contributed by atoms with Crippen LogP contribution in [0, 0.1) is 5.82 Å². The number of benzene rings is 1. The number of aromatic nitrogens is 1. The number of rotatable bonds is 5. The van der Waals surface area contributed by atoms with Crippen molar-refractivity contribution in [3.05, 3.63) is 58.6 Å². The second-order valence-electron chi connectivity index (χ2n) is 4.46. The van der Waals surface area contributed by atoms with Gasteiger partial charge in [0.2, 0.25) is 0 Å². The third kappa shape index (κ3) is 3.24. The van der Waals surface area contributed by atoms with Crippen LogP contribution in [-0.2, 0) is 6.54 Å². The second kappa shape index (κ2) is 6.02. The van der Waals surface area contributed by atoms with Gasteiger partial charge in [0, 0.05) is 36.5 Å². The van der Waals surface area contributed by atoms with Crippen molar-refractivity contribution in [2.24, 2.45) is 0 Å². The molecule has 4 heteroatoms. The van der Waals surface area contributed by atoms with Gasteiger partial charge in [-0.05, 0) is 18.6 Å². The Bertz CT molecular complexity index is 592.